The highest BCUT2D eigenvalue weighted by Gasteiger charge is 2.17. The summed E-state index contributed by atoms with van der Waals surface area (Å²) < 4.78 is 42.9. The largest absolute Gasteiger partial charge is 0.492 e. The first kappa shape index (κ1) is 14.8. The van der Waals surface area contributed by atoms with Crippen molar-refractivity contribution in [2.75, 3.05) is 6.61 Å². The summed E-state index contributed by atoms with van der Waals surface area (Å²) in [6.07, 6.45) is 5.80. The van der Waals surface area contributed by atoms with Crippen LogP contribution in [0.5, 0.6) is 5.75 Å². The molecule has 1 aromatic heterocycles. The summed E-state index contributed by atoms with van der Waals surface area (Å²) >= 11 is 0. The van der Waals surface area contributed by atoms with Crippen LogP contribution in [-0.2, 0) is 15.6 Å². The van der Waals surface area contributed by atoms with Crippen molar-refractivity contribution in [1.82, 2.24) is 9.55 Å². The fourth-order valence-electron chi connectivity index (χ4n) is 1.64. The maximum Gasteiger partial charge on any atom is 0.265 e. The predicted molar refractivity (Wildman–Crippen MR) is 71.8 cm³/mol. The molecule has 0 bridgehead atoms. The number of halogens is 2. The Morgan fingerprint density at radius 3 is 2.85 bits per heavy atom. The zero-order valence-electron chi connectivity index (χ0n) is 10.4. The molecule has 0 amide bonds. The molecule has 0 radical (unpaired) electrons. The van der Waals surface area contributed by atoms with Gasteiger partial charge >= 0.3 is 0 Å². The summed E-state index contributed by atoms with van der Waals surface area (Å²) in [5.74, 6) is -0.637. The van der Waals surface area contributed by atoms with E-state index in [2.05, 4.69) is 4.98 Å². The van der Waals surface area contributed by atoms with Crippen LogP contribution in [0.2, 0.25) is 0 Å². The van der Waals surface area contributed by atoms with Gasteiger partial charge in [0.1, 0.15) is 16.5 Å². The molecule has 2 rings (SSSR count). The molecule has 0 spiro atoms. The van der Waals surface area contributed by atoms with Gasteiger partial charge in [0.25, 0.3) is 9.05 Å². The van der Waals surface area contributed by atoms with Crippen molar-refractivity contribution in [3.8, 4) is 5.75 Å². The topological polar surface area (TPSA) is 61.2 Å². The Balaban J connectivity index is 1.99. The number of aromatic nitrogens is 2. The van der Waals surface area contributed by atoms with Crippen molar-refractivity contribution in [1.29, 1.82) is 0 Å². The molecule has 0 saturated carbocycles. The summed E-state index contributed by atoms with van der Waals surface area (Å²) in [5, 5.41) is 0. The molecule has 8 heteroatoms. The predicted octanol–water partition coefficient (Wildman–Crippen LogP) is 2.42. The standard InChI is InChI=1S/C12H12ClFN2O3S/c13-20(17,18)12-8-10(14)2-3-11(12)19-7-1-5-16-6-4-15-9-16/h2-4,6,8-9H,1,5,7H2. The van der Waals surface area contributed by atoms with Crippen LogP contribution in [0.15, 0.2) is 41.8 Å². The van der Waals surface area contributed by atoms with Gasteiger partial charge in [0.2, 0.25) is 0 Å². The van der Waals surface area contributed by atoms with E-state index >= 15 is 0 Å². The SMILES string of the molecule is O=S(=O)(Cl)c1cc(F)ccc1OCCCn1ccnc1. The third-order valence-corrected chi connectivity index (χ3v) is 3.89. The summed E-state index contributed by atoms with van der Waals surface area (Å²) in [4.78, 5) is 3.54. The minimum absolute atomic E-state index is 0.0482. The van der Waals surface area contributed by atoms with Crippen molar-refractivity contribution in [2.45, 2.75) is 17.9 Å². The van der Waals surface area contributed by atoms with Crippen LogP contribution in [0, 0.1) is 5.82 Å². The van der Waals surface area contributed by atoms with Crippen molar-refractivity contribution in [2.24, 2.45) is 0 Å². The highest BCUT2D eigenvalue weighted by atomic mass is 35.7. The molecule has 0 atom stereocenters. The lowest BCUT2D eigenvalue weighted by molar-refractivity contribution is 0.294. The quantitative estimate of drug-likeness (QED) is 0.606. The van der Waals surface area contributed by atoms with E-state index < -0.39 is 14.9 Å². The van der Waals surface area contributed by atoms with E-state index in [-0.39, 0.29) is 17.3 Å². The number of imidazole rings is 1. The van der Waals surface area contributed by atoms with E-state index in [1.54, 1.807) is 12.5 Å². The van der Waals surface area contributed by atoms with Gasteiger partial charge in [0.15, 0.2) is 0 Å². The van der Waals surface area contributed by atoms with Gasteiger partial charge in [0, 0.05) is 29.6 Å². The van der Waals surface area contributed by atoms with Crippen LogP contribution in [0.25, 0.3) is 0 Å². The molecule has 0 aliphatic rings. The number of rotatable bonds is 6. The molecule has 0 N–H and O–H groups in total. The molecule has 5 nitrogen and oxygen atoms in total. The van der Waals surface area contributed by atoms with E-state index in [4.69, 9.17) is 15.4 Å². The molecule has 0 aliphatic carbocycles. The average Bonchev–Trinajstić information content (AvgIpc) is 2.88. The Morgan fingerprint density at radius 1 is 1.40 bits per heavy atom. The molecule has 2 aromatic rings. The zero-order valence-corrected chi connectivity index (χ0v) is 11.9. The van der Waals surface area contributed by atoms with E-state index in [0.29, 0.717) is 13.0 Å². The van der Waals surface area contributed by atoms with Crippen LogP contribution >= 0.6 is 10.7 Å². The second-order valence-corrected chi connectivity index (χ2v) is 6.57. The second-order valence-electron chi connectivity index (χ2n) is 4.03. The van der Waals surface area contributed by atoms with Crippen molar-refractivity contribution in [3.63, 3.8) is 0 Å². The van der Waals surface area contributed by atoms with Gasteiger partial charge in [-0.1, -0.05) is 0 Å². The summed E-state index contributed by atoms with van der Waals surface area (Å²) in [6.45, 7) is 0.966. The number of hydrogen-bond donors (Lipinski definition) is 0. The average molecular weight is 319 g/mol. The molecule has 20 heavy (non-hydrogen) atoms. The van der Waals surface area contributed by atoms with Crippen LogP contribution in [0.3, 0.4) is 0 Å². The van der Waals surface area contributed by atoms with Gasteiger partial charge in [-0.2, -0.15) is 0 Å². The number of aryl methyl sites for hydroxylation is 1. The highest BCUT2D eigenvalue weighted by molar-refractivity contribution is 8.13. The minimum Gasteiger partial charge on any atom is -0.492 e. The maximum absolute atomic E-state index is 13.1. The van der Waals surface area contributed by atoms with Gasteiger partial charge in [0.05, 0.1) is 12.9 Å². The Morgan fingerprint density at radius 2 is 2.20 bits per heavy atom. The maximum atomic E-state index is 13.1. The number of nitrogens with zero attached hydrogens (tertiary/aromatic N) is 2. The Labute approximate surface area is 120 Å². The first-order chi connectivity index (χ1) is 9.47. The molecule has 1 aromatic carbocycles. The summed E-state index contributed by atoms with van der Waals surface area (Å²) in [6, 6.07) is 3.21. The lowest BCUT2D eigenvalue weighted by Gasteiger charge is -2.09. The van der Waals surface area contributed by atoms with Gasteiger partial charge < -0.3 is 9.30 Å². The van der Waals surface area contributed by atoms with Crippen molar-refractivity contribution < 1.29 is 17.5 Å². The minimum atomic E-state index is -4.04. The fourth-order valence-corrected chi connectivity index (χ4v) is 2.62. The molecule has 0 aliphatic heterocycles. The summed E-state index contributed by atoms with van der Waals surface area (Å²) in [5.41, 5.74) is 0. The highest BCUT2D eigenvalue weighted by Crippen LogP contribution is 2.27. The molecular formula is C12H12ClFN2O3S. The van der Waals surface area contributed by atoms with Gasteiger partial charge in [-0.3, -0.25) is 0 Å². The Bertz CT molecular complexity index is 674. The van der Waals surface area contributed by atoms with E-state index in [1.165, 1.54) is 6.07 Å². The first-order valence-corrected chi connectivity index (χ1v) is 8.10. The van der Waals surface area contributed by atoms with Gasteiger partial charge in [-0.25, -0.2) is 17.8 Å². The Kier molecular flexibility index (Phi) is 4.61. The lowest BCUT2D eigenvalue weighted by atomic mass is 10.3. The Hall–Kier alpha value is -1.60. The molecular weight excluding hydrogens is 307 g/mol. The number of benzene rings is 1. The van der Waals surface area contributed by atoms with Crippen LogP contribution in [0.1, 0.15) is 6.42 Å². The monoisotopic (exact) mass is 318 g/mol. The van der Waals surface area contributed by atoms with E-state index in [0.717, 1.165) is 12.1 Å². The molecule has 0 saturated heterocycles. The fraction of sp³-hybridized carbons (Fsp3) is 0.250. The normalized spacial score (nSPS) is 11.5. The smallest absolute Gasteiger partial charge is 0.265 e. The molecule has 0 unspecified atom stereocenters. The zero-order chi connectivity index (χ0) is 14.6. The third kappa shape index (κ3) is 3.94. The van der Waals surface area contributed by atoms with Crippen molar-refractivity contribution in [3.05, 3.63) is 42.7 Å². The third-order valence-electron chi connectivity index (χ3n) is 2.55. The second kappa shape index (κ2) is 6.23. The van der Waals surface area contributed by atoms with Crippen LogP contribution in [0.4, 0.5) is 4.39 Å². The molecule has 108 valence electrons. The molecule has 0 fully saturated rings. The van der Waals surface area contributed by atoms with Gasteiger partial charge in [-0.05, 0) is 24.6 Å². The van der Waals surface area contributed by atoms with E-state index in [1.807, 2.05) is 10.8 Å². The number of hydrogen-bond acceptors (Lipinski definition) is 4. The first-order valence-electron chi connectivity index (χ1n) is 5.79. The van der Waals surface area contributed by atoms with Crippen LogP contribution < -0.4 is 4.74 Å². The summed E-state index contributed by atoms with van der Waals surface area (Å²) in [7, 11) is 1.20. The van der Waals surface area contributed by atoms with Crippen LogP contribution in [-0.4, -0.2) is 24.6 Å². The van der Waals surface area contributed by atoms with Crippen molar-refractivity contribution >= 4 is 19.7 Å². The van der Waals surface area contributed by atoms with E-state index in [9.17, 15) is 12.8 Å². The van der Waals surface area contributed by atoms with Gasteiger partial charge in [-0.15, -0.1) is 0 Å². The lowest BCUT2D eigenvalue weighted by Crippen LogP contribution is -2.05. The number of ether oxygens (including phenoxy) is 1. The molecule has 1 heterocycles.